The van der Waals surface area contributed by atoms with Crippen LogP contribution in [-0.4, -0.2) is 43.4 Å². The van der Waals surface area contributed by atoms with E-state index in [1.807, 2.05) is 14.1 Å². The van der Waals surface area contributed by atoms with Gasteiger partial charge < -0.3 is 10.0 Å². The molecule has 0 heterocycles. The van der Waals surface area contributed by atoms with Gasteiger partial charge in [-0.3, -0.25) is 4.99 Å². The smallest absolute Gasteiger partial charge is 0.138 e. The highest BCUT2D eigenvalue weighted by molar-refractivity contribution is 9.10. The maximum Gasteiger partial charge on any atom is 0.138 e. The van der Waals surface area contributed by atoms with E-state index in [4.69, 9.17) is 11.6 Å². The second kappa shape index (κ2) is 6.99. The monoisotopic (exact) mass is 318 g/mol. The van der Waals surface area contributed by atoms with E-state index in [2.05, 4.69) is 25.8 Å². The van der Waals surface area contributed by atoms with Gasteiger partial charge in [0, 0.05) is 23.3 Å². The average molecular weight is 320 g/mol. The highest BCUT2D eigenvalue weighted by Crippen LogP contribution is 2.30. The third-order valence-electron chi connectivity index (χ3n) is 2.18. The molecule has 1 aromatic carbocycles. The minimum Gasteiger partial charge on any atom is -0.506 e. The fourth-order valence-electron chi connectivity index (χ4n) is 1.33. The van der Waals surface area contributed by atoms with E-state index in [0.717, 1.165) is 19.5 Å². The van der Waals surface area contributed by atoms with Crippen LogP contribution in [0.2, 0.25) is 5.02 Å². The molecule has 0 unspecified atom stereocenters. The molecule has 1 N–H and O–H groups in total. The van der Waals surface area contributed by atoms with Crippen LogP contribution in [0.15, 0.2) is 21.6 Å². The molecule has 0 aliphatic carbocycles. The van der Waals surface area contributed by atoms with Crippen LogP contribution in [0.25, 0.3) is 0 Å². The number of phenols is 1. The molecule has 0 bridgehead atoms. The van der Waals surface area contributed by atoms with E-state index in [-0.39, 0.29) is 5.75 Å². The van der Waals surface area contributed by atoms with Crippen molar-refractivity contribution >= 4 is 33.7 Å². The quantitative estimate of drug-likeness (QED) is 0.668. The molecule has 0 aliphatic heterocycles. The van der Waals surface area contributed by atoms with Gasteiger partial charge in [0.25, 0.3) is 0 Å². The minimum absolute atomic E-state index is 0.172. The molecule has 17 heavy (non-hydrogen) atoms. The van der Waals surface area contributed by atoms with E-state index >= 15 is 0 Å². The van der Waals surface area contributed by atoms with Crippen molar-refractivity contribution in [2.24, 2.45) is 4.99 Å². The molecular weight excluding hydrogens is 304 g/mol. The summed E-state index contributed by atoms with van der Waals surface area (Å²) in [5.41, 5.74) is 0.634. The average Bonchev–Trinajstić information content (AvgIpc) is 2.23. The maximum absolute atomic E-state index is 9.76. The van der Waals surface area contributed by atoms with Gasteiger partial charge in [-0.15, -0.1) is 0 Å². The number of benzene rings is 1. The summed E-state index contributed by atoms with van der Waals surface area (Å²) in [6, 6.07) is 3.34. The lowest BCUT2D eigenvalue weighted by molar-refractivity contribution is 0.403. The predicted molar refractivity (Wildman–Crippen MR) is 76.4 cm³/mol. The Labute approximate surface area is 115 Å². The second-order valence-electron chi connectivity index (χ2n) is 4.02. The molecule has 0 fully saturated rings. The second-order valence-corrected chi connectivity index (χ2v) is 5.31. The van der Waals surface area contributed by atoms with Crippen LogP contribution in [0, 0.1) is 0 Å². The first-order chi connectivity index (χ1) is 8.00. The number of rotatable bonds is 5. The molecule has 0 radical (unpaired) electrons. The molecule has 0 aliphatic rings. The van der Waals surface area contributed by atoms with E-state index < -0.39 is 0 Å². The molecule has 1 rings (SSSR count). The number of halogens is 2. The first-order valence-corrected chi connectivity index (χ1v) is 6.50. The summed E-state index contributed by atoms with van der Waals surface area (Å²) in [5, 5.41) is 10.3. The van der Waals surface area contributed by atoms with Gasteiger partial charge in [0.1, 0.15) is 5.75 Å². The van der Waals surface area contributed by atoms with Gasteiger partial charge in [0.15, 0.2) is 0 Å². The maximum atomic E-state index is 9.76. The largest absolute Gasteiger partial charge is 0.506 e. The van der Waals surface area contributed by atoms with Crippen molar-refractivity contribution in [3.05, 3.63) is 27.2 Å². The summed E-state index contributed by atoms with van der Waals surface area (Å²) < 4.78 is 0.583. The lowest BCUT2D eigenvalue weighted by Gasteiger charge is -2.06. The van der Waals surface area contributed by atoms with Crippen molar-refractivity contribution in [2.45, 2.75) is 6.42 Å². The molecule has 3 nitrogen and oxygen atoms in total. The summed E-state index contributed by atoms with van der Waals surface area (Å²) in [7, 11) is 4.06. The van der Waals surface area contributed by atoms with E-state index in [1.165, 1.54) is 0 Å². The number of hydrogen-bond acceptors (Lipinski definition) is 3. The van der Waals surface area contributed by atoms with Crippen LogP contribution in [-0.2, 0) is 0 Å². The van der Waals surface area contributed by atoms with Crippen molar-refractivity contribution in [3.63, 3.8) is 0 Å². The zero-order valence-corrected chi connectivity index (χ0v) is 12.3. The van der Waals surface area contributed by atoms with Gasteiger partial charge in [-0.05, 0) is 55.1 Å². The molecule has 0 aromatic heterocycles. The van der Waals surface area contributed by atoms with Crippen LogP contribution in [0.1, 0.15) is 12.0 Å². The standard InChI is InChI=1S/C12H16BrClN2O/c1-16(2)5-3-4-15-8-9-6-10(14)7-11(13)12(9)17/h6-8,17H,3-5H2,1-2H3. The third-order valence-corrected chi connectivity index (χ3v) is 3.00. The highest BCUT2D eigenvalue weighted by atomic mass is 79.9. The van der Waals surface area contributed by atoms with Gasteiger partial charge in [-0.25, -0.2) is 0 Å². The zero-order valence-electron chi connectivity index (χ0n) is 9.95. The summed E-state index contributed by atoms with van der Waals surface area (Å²) in [4.78, 5) is 6.38. The fourth-order valence-corrected chi connectivity index (χ4v) is 2.16. The minimum atomic E-state index is 0.172. The lowest BCUT2D eigenvalue weighted by atomic mass is 10.2. The van der Waals surface area contributed by atoms with Crippen LogP contribution in [0.3, 0.4) is 0 Å². The number of aromatic hydroxyl groups is 1. The van der Waals surface area contributed by atoms with Crippen molar-refractivity contribution < 1.29 is 5.11 Å². The summed E-state index contributed by atoms with van der Waals surface area (Å²) in [6.45, 7) is 1.74. The van der Waals surface area contributed by atoms with Crippen molar-refractivity contribution in [2.75, 3.05) is 27.2 Å². The van der Waals surface area contributed by atoms with E-state index in [0.29, 0.717) is 15.1 Å². The Morgan fingerprint density at radius 3 is 2.82 bits per heavy atom. The number of nitrogens with zero attached hydrogens (tertiary/aromatic N) is 2. The SMILES string of the molecule is CN(C)CCCN=Cc1cc(Cl)cc(Br)c1O. The Hall–Kier alpha value is -0.580. The number of hydrogen-bond donors (Lipinski definition) is 1. The van der Waals surface area contributed by atoms with Gasteiger partial charge in [0.05, 0.1) is 4.47 Å². The normalized spacial score (nSPS) is 11.6. The predicted octanol–water partition coefficient (Wildman–Crippen LogP) is 3.18. The van der Waals surface area contributed by atoms with Gasteiger partial charge in [-0.2, -0.15) is 0 Å². The van der Waals surface area contributed by atoms with Crippen LogP contribution < -0.4 is 0 Å². The highest BCUT2D eigenvalue weighted by Gasteiger charge is 2.04. The molecular formula is C12H16BrClN2O. The van der Waals surface area contributed by atoms with Crippen molar-refractivity contribution in [3.8, 4) is 5.75 Å². The Kier molecular flexibility index (Phi) is 5.95. The third kappa shape index (κ3) is 5.06. The van der Waals surface area contributed by atoms with E-state index in [1.54, 1.807) is 18.3 Å². The summed E-state index contributed by atoms with van der Waals surface area (Å²) in [5.74, 6) is 0.172. The first-order valence-electron chi connectivity index (χ1n) is 5.33. The summed E-state index contributed by atoms with van der Waals surface area (Å²) in [6.07, 6.45) is 2.65. The number of phenolic OH excluding ortho intramolecular Hbond substituents is 1. The Balaban J connectivity index is 2.59. The van der Waals surface area contributed by atoms with Crippen molar-refractivity contribution in [1.82, 2.24) is 4.90 Å². The fraction of sp³-hybridized carbons (Fsp3) is 0.417. The van der Waals surface area contributed by atoms with Crippen LogP contribution >= 0.6 is 27.5 Å². The van der Waals surface area contributed by atoms with E-state index in [9.17, 15) is 5.11 Å². The Morgan fingerprint density at radius 1 is 1.47 bits per heavy atom. The molecule has 0 spiro atoms. The van der Waals surface area contributed by atoms with Crippen LogP contribution in [0.4, 0.5) is 0 Å². The Morgan fingerprint density at radius 2 is 2.18 bits per heavy atom. The Bertz CT molecular complexity index is 408. The molecule has 0 saturated carbocycles. The van der Waals surface area contributed by atoms with Gasteiger partial charge in [-0.1, -0.05) is 11.6 Å². The van der Waals surface area contributed by atoms with Gasteiger partial charge in [0.2, 0.25) is 0 Å². The molecule has 94 valence electrons. The number of aliphatic imine (C=N–C) groups is 1. The van der Waals surface area contributed by atoms with Crippen LogP contribution in [0.5, 0.6) is 5.75 Å². The summed E-state index contributed by atoms with van der Waals surface area (Å²) >= 11 is 9.13. The van der Waals surface area contributed by atoms with Crippen molar-refractivity contribution in [1.29, 1.82) is 0 Å². The first kappa shape index (κ1) is 14.5. The van der Waals surface area contributed by atoms with Gasteiger partial charge >= 0.3 is 0 Å². The molecule has 0 amide bonds. The molecule has 5 heteroatoms. The zero-order chi connectivity index (χ0) is 12.8. The molecule has 0 saturated heterocycles. The molecule has 1 aromatic rings. The topological polar surface area (TPSA) is 35.8 Å². The lowest BCUT2D eigenvalue weighted by Crippen LogP contribution is -2.13. The molecule has 0 atom stereocenters.